The zero-order chi connectivity index (χ0) is 9.42. The molecule has 0 unspecified atom stereocenters. The first kappa shape index (κ1) is 7.97. The van der Waals surface area contributed by atoms with E-state index in [1.165, 1.54) is 0 Å². The van der Waals surface area contributed by atoms with Crippen molar-refractivity contribution < 1.29 is 0 Å². The summed E-state index contributed by atoms with van der Waals surface area (Å²) in [5, 5.41) is 0. The maximum Gasteiger partial charge on any atom is 0.183 e. The molecule has 5 heteroatoms. The van der Waals surface area contributed by atoms with Gasteiger partial charge in [0.1, 0.15) is 11.3 Å². The number of H-pyrrole nitrogens is 1. The van der Waals surface area contributed by atoms with Crippen molar-refractivity contribution in [2.24, 2.45) is 0 Å². The van der Waals surface area contributed by atoms with Gasteiger partial charge in [0.25, 0.3) is 0 Å². The summed E-state index contributed by atoms with van der Waals surface area (Å²) in [6.07, 6.45) is 1.63. The molecule has 0 amide bonds. The molecule has 0 aliphatic heterocycles. The second-order valence-corrected chi connectivity index (χ2v) is 3.09. The van der Waals surface area contributed by atoms with Crippen LogP contribution in [-0.4, -0.2) is 34.0 Å². The lowest BCUT2D eigenvalue weighted by Crippen LogP contribution is -2.12. The number of anilines is 1. The third-order valence-corrected chi connectivity index (χ3v) is 1.80. The monoisotopic (exact) mass is 177 g/mol. The number of imidazole rings is 1. The lowest BCUT2D eigenvalue weighted by atomic mass is 10.4. The van der Waals surface area contributed by atoms with Gasteiger partial charge in [-0.25, -0.2) is 15.0 Å². The molecule has 0 saturated carbocycles. The highest BCUT2D eigenvalue weighted by molar-refractivity contribution is 5.82. The summed E-state index contributed by atoms with van der Waals surface area (Å²) in [7, 11) is 3.89. The van der Waals surface area contributed by atoms with Crippen LogP contribution in [0.2, 0.25) is 0 Å². The fourth-order valence-corrected chi connectivity index (χ4v) is 1.25. The van der Waals surface area contributed by atoms with E-state index in [2.05, 4.69) is 19.9 Å². The van der Waals surface area contributed by atoms with Crippen molar-refractivity contribution in [3.05, 3.63) is 12.2 Å². The first-order chi connectivity index (χ1) is 6.18. The molecule has 0 bridgehead atoms. The number of aryl methyl sites for hydroxylation is 1. The molecule has 2 aromatic rings. The van der Waals surface area contributed by atoms with Crippen LogP contribution < -0.4 is 4.90 Å². The van der Waals surface area contributed by atoms with E-state index in [0.717, 1.165) is 22.8 Å². The molecule has 0 saturated heterocycles. The average molecular weight is 177 g/mol. The fraction of sp³-hybridized carbons (Fsp3) is 0.375. The van der Waals surface area contributed by atoms with Crippen molar-refractivity contribution in [2.75, 3.05) is 19.0 Å². The molecule has 0 radical (unpaired) electrons. The van der Waals surface area contributed by atoms with Gasteiger partial charge in [-0.3, -0.25) is 0 Å². The van der Waals surface area contributed by atoms with Gasteiger partial charge in [-0.2, -0.15) is 0 Å². The van der Waals surface area contributed by atoms with E-state index in [1.54, 1.807) is 6.33 Å². The number of rotatable bonds is 1. The summed E-state index contributed by atoms with van der Waals surface area (Å²) in [4.78, 5) is 17.6. The molecule has 68 valence electrons. The van der Waals surface area contributed by atoms with Crippen molar-refractivity contribution in [2.45, 2.75) is 6.92 Å². The van der Waals surface area contributed by atoms with E-state index in [9.17, 15) is 0 Å². The fourth-order valence-electron chi connectivity index (χ4n) is 1.25. The molecule has 2 rings (SSSR count). The number of aromatic nitrogens is 4. The summed E-state index contributed by atoms with van der Waals surface area (Å²) >= 11 is 0. The van der Waals surface area contributed by atoms with Gasteiger partial charge < -0.3 is 9.88 Å². The van der Waals surface area contributed by atoms with Crippen LogP contribution >= 0.6 is 0 Å². The Labute approximate surface area is 75.8 Å². The first-order valence-corrected chi connectivity index (χ1v) is 4.03. The van der Waals surface area contributed by atoms with Crippen molar-refractivity contribution in [1.29, 1.82) is 0 Å². The van der Waals surface area contributed by atoms with Gasteiger partial charge in [0, 0.05) is 14.1 Å². The minimum Gasteiger partial charge on any atom is -0.361 e. The highest BCUT2D eigenvalue weighted by atomic mass is 15.2. The molecule has 13 heavy (non-hydrogen) atoms. The molecular weight excluding hydrogens is 166 g/mol. The highest BCUT2D eigenvalue weighted by Gasteiger charge is 2.08. The van der Waals surface area contributed by atoms with E-state index in [0.29, 0.717) is 0 Å². The molecule has 0 spiro atoms. The molecule has 2 heterocycles. The van der Waals surface area contributed by atoms with Crippen molar-refractivity contribution in [3.63, 3.8) is 0 Å². The molecular formula is C8H11N5. The summed E-state index contributed by atoms with van der Waals surface area (Å²) in [6, 6.07) is 0. The minimum atomic E-state index is 0.719. The lowest BCUT2D eigenvalue weighted by Gasteiger charge is -2.11. The molecule has 5 nitrogen and oxygen atoms in total. The standard InChI is InChI=1S/C8H11N5/c1-5-11-7-6(9-4-10-7)8(12-5)13(2)3/h4H,1-3H3,(H,9,10,11,12). The van der Waals surface area contributed by atoms with Crippen LogP contribution in [0.3, 0.4) is 0 Å². The zero-order valence-corrected chi connectivity index (χ0v) is 7.87. The van der Waals surface area contributed by atoms with Crippen LogP contribution in [0.25, 0.3) is 11.2 Å². The number of hydrogen-bond acceptors (Lipinski definition) is 4. The molecule has 1 N–H and O–H groups in total. The van der Waals surface area contributed by atoms with Gasteiger partial charge in [0.05, 0.1) is 6.33 Å². The van der Waals surface area contributed by atoms with Crippen molar-refractivity contribution in [3.8, 4) is 0 Å². The number of nitrogens with one attached hydrogen (secondary N) is 1. The smallest absolute Gasteiger partial charge is 0.183 e. The molecule has 0 aliphatic rings. The Bertz CT molecular complexity index is 431. The van der Waals surface area contributed by atoms with Crippen molar-refractivity contribution >= 4 is 17.0 Å². The van der Waals surface area contributed by atoms with Gasteiger partial charge in [0.2, 0.25) is 0 Å². The van der Waals surface area contributed by atoms with Gasteiger partial charge >= 0.3 is 0 Å². The van der Waals surface area contributed by atoms with E-state index in [1.807, 2.05) is 25.9 Å². The van der Waals surface area contributed by atoms with Crippen LogP contribution in [-0.2, 0) is 0 Å². The van der Waals surface area contributed by atoms with E-state index >= 15 is 0 Å². The van der Waals surface area contributed by atoms with Crippen LogP contribution in [0.4, 0.5) is 5.82 Å². The number of aromatic amines is 1. The Balaban J connectivity index is 2.77. The SMILES string of the molecule is Cc1nc(N(C)C)c2[nH]cnc2n1. The predicted octanol–water partition coefficient (Wildman–Crippen LogP) is 0.727. The van der Waals surface area contributed by atoms with Gasteiger partial charge in [0.15, 0.2) is 11.5 Å². The Morgan fingerprint density at radius 2 is 2.08 bits per heavy atom. The highest BCUT2D eigenvalue weighted by Crippen LogP contribution is 2.17. The van der Waals surface area contributed by atoms with Gasteiger partial charge in [-0.1, -0.05) is 0 Å². The normalized spacial score (nSPS) is 10.7. The third-order valence-electron chi connectivity index (χ3n) is 1.80. The topological polar surface area (TPSA) is 57.7 Å². The summed E-state index contributed by atoms with van der Waals surface area (Å²) < 4.78 is 0. The largest absolute Gasteiger partial charge is 0.361 e. The summed E-state index contributed by atoms with van der Waals surface area (Å²) in [5.74, 6) is 1.61. The number of hydrogen-bond donors (Lipinski definition) is 1. The van der Waals surface area contributed by atoms with Gasteiger partial charge in [-0.15, -0.1) is 0 Å². The molecule has 0 aliphatic carbocycles. The average Bonchev–Trinajstić information content (AvgIpc) is 2.49. The van der Waals surface area contributed by atoms with Crippen LogP contribution in [0.5, 0.6) is 0 Å². The second kappa shape index (κ2) is 2.69. The molecule has 2 aromatic heterocycles. The second-order valence-electron chi connectivity index (χ2n) is 3.09. The number of nitrogens with zero attached hydrogens (tertiary/aromatic N) is 4. The van der Waals surface area contributed by atoms with E-state index < -0.39 is 0 Å². The Morgan fingerprint density at radius 1 is 1.31 bits per heavy atom. The zero-order valence-electron chi connectivity index (χ0n) is 7.87. The first-order valence-electron chi connectivity index (χ1n) is 4.03. The molecule has 0 fully saturated rings. The molecule has 0 aromatic carbocycles. The van der Waals surface area contributed by atoms with Crippen LogP contribution in [0.15, 0.2) is 6.33 Å². The summed E-state index contributed by atoms with van der Waals surface area (Å²) in [6.45, 7) is 1.86. The Morgan fingerprint density at radius 3 is 2.77 bits per heavy atom. The van der Waals surface area contributed by atoms with Gasteiger partial charge in [-0.05, 0) is 6.92 Å². The Kier molecular flexibility index (Phi) is 1.65. The van der Waals surface area contributed by atoms with E-state index in [4.69, 9.17) is 0 Å². The third kappa shape index (κ3) is 1.22. The number of fused-ring (bicyclic) bond motifs is 1. The van der Waals surface area contributed by atoms with Crippen LogP contribution in [0, 0.1) is 6.92 Å². The van der Waals surface area contributed by atoms with Crippen LogP contribution in [0.1, 0.15) is 5.82 Å². The maximum absolute atomic E-state index is 4.32. The maximum atomic E-state index is 4.32. The van der Waals surface area contributed by atoms with E-state index in [-0.39, 0.29) is 0 Å². The lowest BCUT2D eigenvalue weighted by molar-refractivity contribution is 1.01. The predicted molar refractivity (Wildman–Crippen MR) is 50.7 cm³/mol. The molecule has 0 atom stereocenters. The minimum absolute atomic E-state index is 0.719. The summed E-state index contributed by atoms with van der Waals surface area (Å²) in [5.41, 5.74) is 1.60. The quantitative estimate of drug-likeness (QED) is 0.697. The Hall–Kier alpha value is -1.65. The van der Waals surface area contributed by atoms with Crippen molar-refractivity contribution in [1.82, 2.24) is 19.9 Å².